The van der Waals surface area contributed by atoms with Gasteiger partial charge in [0.05, 0.1) is 0 Å². The van der Waals surface area contributed by atoms with Crippen LogP contribution in [0.15, 0.2) is 48.5 Å². The van der Waals surface area contributed by atoms with Gasteiger partial charge in [0.15, 0.2) is 0 Å². The van der Waals surface area contributed by atoms with Crippen molar-refractivity contribution in [1.82, 2.24) is 36.4 Å². The van der Waals surface area contributed by atoms with Gasteiger partial charge in [-0.15, -0.1) is 0 Å². The molecule has 9 N–H and O–H groups in total. The molecule has 2 aromatic carbocycles. The second-order valence-electron chi connectivity index (χ2n) is 19.4. The van der Waals surface area contributed by atoms with Gasteiger partial charge in [-0.25, -0.2) is 4.79 Å². The molecule has 2 aromatic rings. The maximum atomic E-state index is 14.8. The Balaban J connectivity index is 1.85. The predicted octanol–water partition coefficient (Wildman–Crippen LogP) is 2.46. The van der Waals surface area contributed by atoms with E-state index in [1.54, 1.807) is 26.0 Å². The molecule has 21 nitrogen and oxygen atoms in total. The number of carboxylic acids is 1. The lowest BCUT2D eigenvalue weighted by atomic mass is 9.96. The van der Waals surface area contributed by atoms with Crippen molar-refractivity contribution in [3.05, 3.63) is 59.7 Å². The molecule has 0 aliphatic carbocycles. The summed E-state index contributed by atoms with van der Waals surface area (Å²) >= 11 is 0. The first-order chi connectivity index (χ1) is 34.6. The van der Waals surface area contributed by atoms with Crippen LogP contribution in [0.1, 0.15) is 129 Å². The number of carbonyl (C=O) groups excluding carboxylic acids is 8. The zero-order chi connectivity index (χ0) is 53.9. The summed E-state index contributed by atoms with van der Waals surface area (Å²) in [5, 5.41) is 54.2. The number of cyclic esters (lactones) is 1. The van der Waals surface area contributed by atoms with Crippen LogP contribution in [-0.2, 0) is 60.7 Å². The highest BCUT2D eigenvalue weighted by Gasteiger charge is 2.45. The molecule has 7 amide bonds. The number of aliphatic hydroxyl groups is 1. The molecule has 2 aliphatic rings. The first kappa shape index (κ1) is 58.8. The average molecular weight is 1020 g/mol. The van der Waals surface area contributed by atoms with E-state index in [0.717, 1.165) is 35.5 Å². The molecule has 402 valence electrons. The number of ether oxygens (including phenoxy) is 1. The highest BCUT2D eigenvalue weighted by atomic mass is 16.5. The summed E-state index contributed by atoms with van der Waals surface area (Å²) in [4.78, 5) is 129. The van der Waals surface area contributed by atoms with E-state index in [-0.39, 0.29) is 56.4 Å². The number of phenols is 2. The second-order valence-corrected chi connectivity index (χ2v) is 19.4. The lowest BCUT2D eigenvalue weighted by Crippen LogP contribution is -2.65. The lowest BCUT2D eigenvalue weighted by molar-refractivity contribution is -0.165. The van der Waals surface area contributed by atoms with Gasteiger partial charge in [-0.3, -0.25) is 38.4 Å². The SMILES string of the molecule is CCCCCCCC(=O)NC(CCC(=O)O)C(=O)NC1C(=O)NC(Cc2ccc(O)cc2)C(=O)NC2CCC(O)N(C2=O)C(CCCC)C(=O)N(C)C(Cc2ccc(O)cc2)C(=O)NC(C(C)C)C(=O)OC1C. The fraction of sp³-hybridized carbons (Fsp3) is 0.596. The summed E-state index contributed by atoms with van der Waals surface area (Å²) in [6.45, 7) is 8.40. The fourth-order valence-electron chi connectivity index (χ4n) is 8.85. The third-order valence-electron chi connectivity index (χ3n) is 13.2. The van der Waals surface area contributed by atoms with Crippen LogP contribution < -0.4 is 26.6 Å². The molecular formula is C52H75N7O14. The van der Waals surface area contributed by atoms with Crippen molar-refractivity contribution in [1.29, 1.82) is 0 Å². The minimum atomic E-state index is -1.84. The Bertz CT molecular complexity index is 2220. The van der Waals surface area contributed by atoms with Crippen molar-refractivity contribution < 1.29 is 68.3 Å². The molecule has 9 atom stereocenters. The number of nitrogens with zero attached hydrogens (tertiary/aromatic N) is 2. The molecule has 2 heterocycles. The number of rotatable bonds is 20. The number of amides is 7. The summed E-state index contributed by atoms with van der Waals surface area (Å²) in [5.41, 5.74) is 0.937. The molecule has 2 bridgehead atoms. The first-order valence-electron chi connectivity index (χ1n) is 25.4. The molecular weight excluding hydrogens is 947 g/mol. The van der Waals surface area contributed by atoms with Crippen LogP contribution in [0, 0.1) is 5.92 Å². The molecule has 21 heteroatoms. The van der Waals surface area contributed by atoms with E-state index in [1.807, 2.05) is 13.8 Å². The number of unbranched alkanes of at least 4 members (excludes halogenated alkanes) is 5. The normalized spacial score (nSPS) is 24.0. The van der Waals surface area contributed by atoms with Crippen molar-refractivity contribution in [2.75, 3.05) is 7.05 Å². The molecule has 0 radical (unpaired) electrons. The van der Waals surface area contributed by atoms with Gasteiger partial charge in [-0.1, -0.05) is 90.5 Å². The first-order valence-corrected chi connectivity index (χ1v) is 25.4. The number of hydrogen-bond acceptors (Lipinski definition) is 13. The van der Waals surface area contributed by atoms with E-state index in [2.05, 4.69) is 26.6 Å². The molecule has 73 heavy (non-hydrogen) atoms. The van der Waals surface area contributed by atoms with E-state index >= 15 is 0 Å². The number of carbonyl (C=O) groups is 9. The number of phenolic OH excluding ortho intramolecular Hbond substituents is 2. The number of benzene rings is 2. The Labute approximate surface area is 426 Å². The summed E-state index contributed by atoms with van der Waals surface area (Å²) in [7, 11) is 1.36. The third kappa shape index (κ3) is 17.5. The monoisotopic (exact) mass is 1020 g/mol. The van der Waals surface area contributed by atoms with Crippen LogP contribution in [0.5, 0.6) is 11.5 Å². The molecule has 2 aliphatic heterocycles. The topological polar surface area (TPSA) is 310 Å². The van der Waals surface area contributed by atoms with Gasteiger partial charge >= 0.3 is 11.9 Å². The van der Waals surface area contributed by atoms with Crippen LogP contribution in [0.3, 0.4) is 0 Å². The van der Waals surface area contributed by atoms with Gasteiger partial charge in [-0.2, -0.15) is 0 Å². The van der Waals surface area contributed by atoms with E-state index in [4.69, 9.17) is 4.74 Å². The summed E-state index contributed by atoms with van der Waals surface area (Å²) < 4.78 is 5.89. The smallest absolute Gasteiger partial charge is 0.329 e. The highest BCUT2D eigenvalue weighted by molar-refractivity contribution is 5.98. The molecule has 0 spiro atoms. The number of aliphatic hydroxyl groups excluding tert-OH is 1. The van der Waals surface area contributed by atoms with Crippen molar-refractivity contribution in [3.63, 3.8) is 0 Å². The van der Waals surface area contributed by atoms with E-state index in [1.165, 1.54) is 50.4 Å². The van der Waals surface area contributed by atoms with Crippen LogP contribution in [0.25, 0.3) is 0 Å². The molecule has 2 saturated heterocycles. The van der Waals surface area contributed by atoms with Crippen molar-refractivity contribution in [2.45, 2.75) is 186 Å². The number of likely N-dealkylation sites (N-methyl/N-ethyl adjacent to an activating group) is 1. The number of esters is 1. The molecule has 4 rings (SSSR count). The summed E-state index contributed by atoms with van der Waals surface area (Å²) in [6.07, 6.45) is 0.619. The van der Waals surface area contributed by atoms with E-state index < -0.39 is 120 Å². The number of piperidine rings is 1. The third-order valence-corrected chi connectivity index (χ3v) is 13.2. The maximum absolute atomic E-state index is 14.8. The quantitative estimate of drug-likeness (QED) is 0.0680. The standard InChI is InChI=1S/C52H75N7O14/c1-7-9-11-12-13-15-41(62)53-36(25-27-43(64)65)46(66)57-45-31(5)73-52(72)44(30(3)4)56-48(68)40(29-33-18-22-35(61)23-19-33)58(6)51(71)39(14-10-8-2)59-42(63)26-24-37(50(59)70)54-47(67)38(55-49(45)69)28-32-16-20-34(60)21-17-32/h16-23,30-31,36-40,42,44-45,60-61,63H,7-15,24-29H2,1-6H3,(H,53,62)(H,54,67)(H,55,69)(H,56,68)(H,57,66)(H,64,65). The average Bonchev–Trinajstić information content (AvgIpc) is 3.34. The van der Waals surface area contributed by atoms with Gasteiger partial charge in [0.1, 0.15) is 66.1 Å². The Morgan fingerprint density at radius 2 is 1.34 bits per heavy atom. The summed E-state index contributed by atoms with van der Waals surface area (Å²) in [5.74, 6) is -9.06. The number of aromatic hydroxyl groups is 2. The number of nitrogens with one attached hydrogen (secondary N) is 5. The Hall–Kier alpha value is -6.77. The zero-order valence-corrected chi connectivity index (χ0v) is 42.8. The molecule has 9 unspecified atom stereocenters. The number of carboxylic acid groups (broad SMARTS) is 1. The number of hydrogen-bond donors (Lipinski definition) is 9. The van der Waals surface area contributed by atoms with Gasteiger partial charge in [0.25, 0.3) is 0 Å². The zero-order valence-electron chi connectivity index (χ0n) is 42.8. The minimum absolute atomic E-state index is 0.0359. The predicted molar refractivity (Wildman–Crippen MR) is 266 cm³/mol. The second kappa shape index (κ2) is 28.5. The Morgan fingerprint density at radius 1 is 0.740 bits per heavy atom. The van der Waals surface area contributed by atoms with Crippen LogP contribution in [-0.4, -0.2) is 145 Å². The highest BCUT2D eigenvalue weighted by Crippen LogP contribution is 2.26. The summed E-state index contributed by atoms with van der Waals surface area (Å²) in [6, 6.07) is 1.25. The van der Waals surface area contributed by atoms with Gasteiger partial charge in [-0.05, 0) is 80.3 Å². The van der Waals surface area contributed by atoms with Crippen LogP contribution in [0.2, 0.25) is 0 Å². The Kier molecular flexibility index (Phi) is 22.9. The van der Waals surface area contributed by atoms with Gasteiger partial charge < -0.3 is 61.5 Å². The van der Waals surface area contributed by atoms with Gasteiger partial charge in [0.2, 0.25) is 41.4 Å². The minimum Gasteiger partial charge on any atom is -0.508 e. The van der Waals surface area contributed by atoms with Crippen molar-refractivity contribution >= 4 is 53.3 Å². The maximum Gasteiger partial charge on any atom is 0.329 e. The van der Waals surface area contributed by atoms with Crippen LogP contribution >= 0.6 is 0 Å². The van der Waals surface area contributed by atoms with Crippen LogP contribution in [0.4, 0.5) is 0 Å². The molecule has 0 aromatic heterocycles. The van der Waals surface area contributed by atoms with E-state index in [9.17, 15) is 63.6 Å². The van der Waals surface area contributed by atoms with E-state index in [0.29, 0.717) is 30.4 Å². The van der Waals surface area contributed by atoms with Crippen molar-refractivity contribution in [3.8, 4) is 11.5 Å². The van der Waals surface area contributed by atoms with Gasteiger partial charge in [0, 0.05) is 32.7 Å². The number of aliphatic carboxylic acids is 1. The fourth-order valence-corrected chi connectivity index (χ4v) is 8.85. The number of fused-ring (bicyclic) bond motifs is 2. The molecule has 0 saturated carbocycles. The largest absolute Gasteiger partial charge is 0.508 e. The van der Waals surface area contributed by atoms with Crippen molar-refractivity contribution in [2.24, 2.45) is 5.92 Å². The lowest BCUT2D eigenvalue weighted by Gasteiger charge is -2.43. The Morgan fingerprint density at radius 3 is 1.93 bits per heavy atom. The molecule has 2 fully saturated rings.